The molecule has 0 aliphatic heterocycles. The molecular formula is C11H16N2O5S. The van der Waals surface area contributed by atoms with E-state index in [-0.39, 0.29) is 16.7 Å². The Morgan fingerprint density at radius 1 is 1.47 bits per heavy atom. The number of nitro groups is 1. The van der Waals surface area contributed by atoms with Gasteiger partial charge in [-0.2, -0.15) is 0 Å². The Labute approximate surface area is 111 Å². The minimum atomic E-state index is -3.92. The molecule has 0 aromatic heterocycles. The van der Waals surface area contributed by atoms with Gasteiger partial charge in [0, 0.05) is 6.04 Å². The summed E-state index contributed by atoms with van der Waals surface area (Å²) in [5.41, 5.74) is -0.504. The first kappa shape index (κ1) is 15.4. The molecule has 0 saturated heterocycles. The van der Waals surface area contributed by atoms with Crippen molar-refractivity contribution in [3.8, 4) is 5.75 Å². The van der Waals surface area contributed by atoms with Crippen LogP contribution >= 0.6 is 0 Å². The van der Waals surface area contributed by atoms with Crippen molar-refractivity contribution in [1.29, 1.82) is 0 Å². The summed E-state index contributed by atoms with van der Waals surface area (Å²) in [5.74, 6) is 0.231. The van der Waals surface area contributed by atoms with Crippen LogP contribution in [0.1, 0.15) is 20.3 Å². The Morgan fingerprint density at radius 2 is 2.11 bits per heavy atom. The molecule has 0 radical (unpaired) electrons. The van der Waals surface area contributed by atoms with Gasteiger partial charge in [-0.3, -0.25) is 10.1 Å². The highest BCUT2D eigenvalue weighted by Crippen LogP contribution is 2.28. The second-order valence-corrected chi connectivity index (χ2v) is 5.70. The summed E-state index contributed by atoms with van der Waals surface area (Å²) in [6.45, 7) is 3.50. The van der Waals surface area contributed by atoms with Crippen LogP contribution < -0.4 is 9.46 Å². The molecule has 0 saturated carbocycles. The SMILES string of the molecule is CCC(C)NS(=O)(=O)c1ccc(OC)cc1[N+](=O)[O-]. The van der Waals surface area contributed by atoms with E-state index in [2.05, 4.69) is 4.72 Å². The van der Waals surface area contributed by atoms with Crippen LogP contribution in [-0.2, 0) is 10.0 Å². The van der Waals surface area contributed by atoms with E-state index >= 15 is 0 Å². The van der Waals surface area contributed by atoms with E-state index in [0.717, 1.165) is 6.07 Å². The maximum atomic E-state index is 12.1. The van der Waals surface area contributed by atoms with Crippen LogP contribution in [0.3, 0.4) is 0 Å². The smallest absolute Gasteiger partial charge is 0.293 e. The Morgan fingerprint density at radius 3 is 2.58 bits per heavy atom. The third-order valence-corrected chi connectivity index (χ3v) is 4.26. The van der Waals surface area contributed by atoms with Gasteiger partial charge < -0.3 is 4.74 Å². The number of hydrogen-bond donors (Lipinski definition) is 1. The first-order valence-corrected chi connectivity index (χ1v) is 7.15. The fourth-order valence-corrected chi connectivity index (χ4v) is 2.89. The lowest BCUT2D eigenvalue weighted by molar-refractivity contribution is -0.387. The van der Waals surface area contributed by atoms with Crippen molar-refractivity contribution >= 4 is 15.7 Å². The number of nitrogens with one attached hydrogen (secondary N) is 1. The maximum absolute atomic E-state index is 12.1. The second kappa shape index (κ2) is 5.98. The molecule has 0 bridgehead atoms. The van der Waals surface area contributed by atoms with Gasteiger partial charge in [-0.15, -0.1) is 0 Å². The lowest BCUT2D eigenvalue weighted by Crippen LogP contribution is -2.32. The molecule has 1 rings (SSSR count). The van der Waals surface area contributed by atoms with Gasteiger partial charge in [0.1, 0.15) is 5.75 Å². The number of rotatable bonds is 6. The molecule has 0 heterocycles. The number of ether oxygens (including phenoxy) is 1. The van der Waals surface area contributed by atoms with Gasteiger partial charge >= 0.3 is 0 Å². The zero-order valence-corrected chi connectivity index (χ0v) is 11.7. The largest absolute Gasteiger partial charge is 0.497 e. The van der Waals surface area contributed by atoms with Crippen LogP contribution in [-0.4, -0.2) is 26.5 Å². The van der Waals surface area contributed by atoms with Crippen LogP contribution in [0.2, 0.25) is 0 Å². The summed E-state index contributed by atoms with van der Waals surface area (Å²) in [5, 5.41) is 10.9. The van der Waals surface area contributed by atoms with Crippen molar-refractivity contribution in [1.82, 2.24) is 4.72 Å². The van der Waals surface area contributed by atoms with Crippen molar-refractivity contribution in [3.63, 3.8) is 0 Å². The standard InChI is InChI=1S/C11H16N2O5S/c1-4-8(2)12-19(16,17)11-6-5-9(18-3)7-10(11)13(14)15/h5-8,12H,4H2,1-3H3. The second-order valence-electron chi connectivity index (χ2n) is 4.02. The van der Waals surface area contributed by atoms with Crippen molar-refractivity contribution in [2.45, 2.75) is 31.2 Å². The molecule has 1 atom stereocenters. The average molecular weight is 288 g/mol. The van der Waals surface area contributed by atoms with E-state index in [1.165, 1.54) is 19.2 Å². The molecular weight excluding hydrogens is 272 g/mol. The molecule has 0 aliphatic carbocycles. The van der Waals surface area contributed by atoms with Crippen LogP contribution in [0.5, 0.6) is 5.75 Å². The summed E-state index contributed by atoms with van der Waals surface area (Å²) >= 11 is 0. The number of benzene rings is 1. The lowest BCUT2D eigenvalue weighted by Gasteiger charge is -2.12. The molecule has 0 spiro atoms. The molecule has 1 aromatic carbocycles. The van der Waals surface area contributed by atoms with Crippen molar-refractivity contribution in [2.75, 3.05) is 7.11 Å². The first-order valence-electron chi connectivity index (χ1n) is 5.66. The van der Waals surface area contributed by atoms with Gasteiger partial charge in [-0.25, -0.2) is 13.1 Å². The summed E-state index contributed by atoms with van der Waals surface area (Å²) in [6, 6.07) is 3.33. The molecule has 1 N–H and O–H groups in total. The quantitative estimate of drug-likeness (QED) is 0.634. The minimum absolute atomic E-state index is 0.231. The van der Waals surface area contributed by atoms with Crippen LogP contribution in [0, 0.1) is 10.1 Å². The van der Waals surface area contributed by atoms with E-state index in [1.54, 1.807) is 6.92 Å². The van der Waals surface area contributed by atoms with E-state index in [1.807, 2.05) is 6.92 Å². The van der Waals surface area contributed by atoms with E-state index in [4.69, 9.17) is 4.74 Å². The van der Waals surface area contributed by atoms with Crippen molar-refractivity contribution in [3.05, 3.63) is 28.3 Å². The summed E-state index contributed by atoms with van der Waals surface area (Å²) in [7, 11) is -2.57. The Balaban J connectivity index is 3.30. The number of nitro benzene ring substituents is 1. The number of hydrogen-bond acceptors (Lipinski definition) is 5. The zero-order valence-electron chi connectivity index (χ0n) is 10.9. The Bertz CT molecular complexity index is 570. The van der Waals surface area contributed by atoms with Crippen molar-refractivity contribution in [2.24, 2.45) is 0 Å². The van der Waals surface area contributed by atoms with Crippen LogP contribution in [0.25, 0.3) is 0 Å². The molecule has 19 heavy (non-hydrogen) atoms. The Hall–Kier alpha value is -1.67. The molecule has 0 amide bonds. The molecule has 106 valence electrons. The van der Waals surface area contributed by atoms with E-state index in [9.17, 15) is 18.5 Å². The molecule has 7 nitrogen and oxygen atoms in total. The molecule has 8 heteroatoms. The summed E-state index contributed by atoms with van der Waals surface area (Å²) in [4.78, 5) is 9.84. The lowest BCUT2D eigenvalue weighted by atomic mass is 10.3. The van der Waals surface area contributed by atoms with Gasteiger partial charge in [0.15, 0.2) is 4.90 Å². The maximum Gasteiger partial charge on any atom is 0.293 e. The third kappa shape index (κ3) is 3.65. The van der Waals surface area contributed by atoms with E-state index in [0.29, 0.717) is 6.42 Å². The first-order chi connectivity index (χ1) is 8.81. The summed E-state index contributed by atoms with van der Waals surface area (Å²) < 4.78 is 31.4. The van der Waals surface area contributed by atoms with Gasteiger partial charge in [-0.1, -0.05) is 6.92 Å². The fourth-order valence-electron chi connectivity index (χ4n) is 1.41. The van der Waals surface area contributed by atoms with Gasteiger partial charge in [0.25, 0.3) is 5.69 Å². The summed E-state index contributed by atoms with van der Waals surface area (Å²) in [6.07, 6.45) is 0.586. The van der Waals surface area contributed by atoms with E-state index < -0.39 is 20.6 Å². The predicted molar refractivity (Wildman–Crippen MR) is 69.7 cm³/mol. The number of sulfonamides is 1. The van der Waals surface area contributed by atoms with Gasteiger partial charge in [0.05, 0.1) is 18.1 Å². The van der Waals surface area contributed by atoms with Crippen LogP contribution in [0.15, 0.2) is 23.1 Å². The normalized spacial score (nSPS) is 13.0. The van der Waals surface area contributed by atoms with Gasteiger partial charge in [0.2, 0.25) is 10.0 Å². The number of methoxy groups -OCH3 is 1. The predicted octanol–water partition coefficient (Wildman–Crippen LogP) is 1.68. The van der Waals surface area contributed by atoms with Gasteiger partial charge in [-0.05, 0) is 25.5 Å². The monoisotopic (exact) mass is 288 g/mol. The average Bonchev–Trinajstić information content (AvgIpc) is 2.37. The van der Waals surface area contributed by atoms with Crippen molar-refractivity contribution < 1.29 is 18.1 Å². The molecule has 1 aromatic rings. The zero-order chi connectivity index (χ0) is 14.6. The topological polar surface area (TPSA) is 98.5 Å². The minimum Gasteiger partial charge on any atom is -0.497 e. The molecule has 0 aliphatic rings. The Kier molecular flexibility index (Phi) is 4.84. The highest BCUT2D eigenvalue weighted by molar-refractivity contribution is 7.89. The highest BCUT2D eigenvalue weighted by Gasteiger charge is 2.27. The third-order valence-electron chi connectivity index (χ3n) is 2.62. The van der Waals surface area contributed by atoms with Crippen LogP contribution in [0.4, 0.5) is 5.69 Å². The molecule has 1 unspecified atom stereocenters. The molecule has 0 fully saturated rings. The fraction of sp³-hybridized carbons (Fsp3) is 0.455. The highest BCUT2D eigenvalue weighted by atomic mass is 32.2. The number of nitrogens with zero attached hydrogens (tertiary/aromatic N) is 1.